The molecule has 0 amide bonds. The molecule has 0 aromatic heterocycles. The minimum atomic E-state index is -4.31. The van der Waals surface area contributed by atoms with Crippen molar-refractivity contribution in [2.45, 2.75) is 19.3 Å². The number of halogens is 3. The van der Waals surface area contributed by atoms with E-state index in [0.717, 1.165) is 11.6 Å². The monoisotopic (exact) mass is 294 g/mol. The van der Waals surface area contributed by atoms with Crippen LogP contribution in [0.4, 0.5) is 13.2 Å². The molecule has 0 bridgehead atoms. The summed E-state index contributed by atoms with van der Waals surface area (Å²) in [4.78, 5) is 1.99. The SMILES string of the molecule is OC1=COC(CN2Cc3ccc(C(F)(F)F)cc3C2)=C[B]1. The van der Waals surface area contributed by atoms with E-state index in [1.807, 2.05) is 4.90 Å². The van der Waals surface area contributed by atoms with Crippen molar-refractivity contribution in [1.82, 2.24) is 4.90 Å². The highest BCUT2D eigenvalue weighted by atomic mass is 19.4. The fraction of sp³-hybridized carbons (Fsp3) is 0.286. The Bertz CT molecular complexity index is 625. The van der Waals surface area contributed by atoms with E-state index >= 15 is 0 Å². The fourth-order valence-corrected chi connectivity index (χ4v) is 2.46. The van der Waals surface area contributed by atoms with Gasteiger partial charge in [-0.1, -0.05) is 12.0 Å². The first-order chi connectivity index (χ1) is 9.91. The second-order valence-electron chi connectivity index (χ2n) is 5.09. The van der Waals surface area contributed by atoms with Crippen molar-refractivity contribution in [3.05, 3.63) is 58.5 Å². The van der Waals surface area contributed by atoms with Crippen LogP contribution in [0.5, 0.6) is 0 Å². The van der Waals surface area contributed by atoms with Crippen molar-refractivity contribution in [2.24, 2.45) is 0 Å². The maximum atomic E-state index is 12.7. The van der Waals surface area contributed by atoms with Crippen LogP contribution in [0, 0.1) is 0 Å². The van der Waals surface area contributed by atoms with Crippen LogP contribution in [0.3, 0.4) is 0 Å². The number of aliphatic hydroxyl groups is 1. The van der Waals surface area contributed by atoms with Gasteiger partial charge in [-0.25, -0.2) is 0 Å². The van der Waals surface area contributed by atoms with Gasteiger partial charge in [0, 0.05) is 13.1 Å². The molecule has 0 fully saturated rings. The third kappa shape index (κ3) is 3.07. The van der Waals surface area contributed by atoms with Crippen molar-refractivity contribution in [3.63, 3.8) is 0 Å². The van der Waals surface area contributed by atoms with Crippen molar-refractivity contribution in [2.75, 3.05) is 6.54 Å². The van der Waals surface area contributed by atoms with E-state index < -0.39 is 11.7 Å². The number of hydrogen-bond donors (Lipinski definition) is 1. The average molecular weight is 294 g/mol. The highest BCUT2D eigenvalue weighted by molar-refractivity contribution is 6.50. The van der Waals surface area contributed by atoms with Crippen LogP contribution in [0.2, 0.25) is 0 Å². The van der Waals surface area contributed by atoms with E-state index in [1.54, 1.807) is 5.98 Å². The second kappa shape index (κ2) is 5.14. The molecule has 1 aromatic rings. The van der Waals surface area contributed by atoms with Crippen molar-refractivity contribution >= 4 is 7.28 Å². The van der Waals surface area contributed by atoms with E-state index in [9.17, 15) is 13.2 Å². The van der Waals surface area contributed by atoms with Gasteiger partial charge in [-0.15, -0.1) is 0 Å². The number of nitrogens with zero attached hydrogens (tertiary/aromatic N) is 1. The molecule has 2 aliphatic rings. The lowest BCUT2D eigenvalue weighted by molar-refractivity contribution is -0.137. The van der Waals surface area contributed by atoms with Gasteiger partial charge >= 0.3 is 6.18 Å². The topological polar surface area (TPSA) is 32.7 Å². The van der Waals surface area contributed by atoms with Crippen molar-refractivity contribution in [1.29, 1.82) is 0 Å². The molecule has 0 unspecified atom stereocenters. The number of alkyl halides is 3. The van der Waals surface area contributed by atoms with E-state index in [-0.39, 0.29) is 5.66 Å². The molecule has 2 heterocycles. The molecular weight excluding hydrogens is 282 g/mol. The minimum absolute atomic E-state index is 0.0401. The Hall–Kier alpha value is -1.89. The van der Waals surface area contributed by atoms with Crippen LogP contribution in [0.15, 0.2) is 41.9 Å². The Balaban J connectivity index is 1.68. The molecule has 21 heavy (non-hydrogen) atoms. The van der Waals surface area contributed by atoms with Crippen LogP contribution in [-0.4, -0.2) is 23.8 Å². The summed E-state index contributed by atoms with van der Waals surface area (Å²) in [7, 11) is 1.52. The van der Waals surface area contributed by atoms with Gasteiger partial charge in [0.15, 0.2) is 0 Å². The molecule has 3 rings (SSSR count). The lowest BCUT2D eigenvalue weighted by atomic mass is 9.75. The van der Waals surface area contributed by atoms with Gasteiger partial charge in [0.1, 0.15) is 12.0 Å². The number of ether oxygens (including phenoxy) is 1. The Morgan fingerprint density at radius 3 is 2.67 bits per heavy atom. The molecular formula is C14H12BF3NO2. The molecule has 0 aliphatic carbocycles. The average Bonchev–Trinajstić information content (AvgIpc) is 2.81. The molecule has 0 atom stereocenters. The first kappa shape index (κ1) is 14.1. The van der Waals surface area contributed by atoms with Gasteiger partial charge in [0.05, 0.1) is 17.8 Å². The smallest absolute Gasteiger partial charge is 0.416 e. The largest absolute Gasteiger partial charge is 0.520 e. The summed E-state index contributed by atoms with van der Waals surface area (Å²) < 4.78 is 43.3. The van der Waals surface area contributed by atoms with Gasteiger partial charge in [0.25, 0.3) is 0 Å². The second-order valence-corrected chi connectivity index (χ2v) is 5.09. The summed E-state index contributed by atoms with van der Waals surface area (Å²) in [6.45, 7) is 1.52. The first-order valence-electron chi connectivity index (χ1n) is 6.43. The summed E-state index contributed by atoms with van der Waals surface area (Å²) in [6, 6.07) is 3.86. The number of aliphatic hydroxyl groups excluding tert-OH is 1. The molecule has 0 saturated heterocycles. The fourth-order valence-electron chi connectivity index (χ4n) is 2.46. The first-order valence-corrected chi connectivity index (χ1v) is 6.43. The molecule has 7 heteroatoms. The van der Waals surface area contributed by atoms with Crippen LogP contribution in [0.25, 0.3) is 0 Å². The molecule has 1 aromatic carbocycles. The number of benzene rings is 1. The standard InChI is InChI=1S/C14H12BF3NO2/c16-14(17,18)11-2-1-9-5-19(6-10(9)3-11)7-12-4-15-13(20)8-21-12/h1-4,8,20H,5-7H2. The van der Waals surface area contributed by atoms with E-state index in [0.29, 0.717) is 31.0 Å². The predicted octanol–water partition coefficient (Wildman–Crippen LogP) is 2.95. The Labute approximate surface area is 120 Å². The van der Waals surface area contributed by atoms with Gasteiger partial charge in [-0.05, 0) is 23.3 Å². The predicted molar refractivity (Wildman–Crippen MR) is 71.2 cm³/mol. The molecule has 0 spiro atoms. The van der Waals surface area contributed by atoms with E-state index in [4.69, 9.17) is 9.84 Å². The van der Waals surface area contributed by atoms with Gasteiger partial charge < -0.3 is 9.84 Å². The third-order valence-electron chi connectivity index (χ3n) is 3.47. The lowest BCUT2D eigenvalue weighted by Crippen LogP contribution is -2.21. The summed E-state index contributed by atoms with van der Waals surface area (Å²) in [6.07, 6.45) is -3.07. The zero-order valence-corrected chi connectivity index (χ0v) is 11.0. The summed E-state index contributed by atoms with van der Waals surface area (Å²) in [5.41, 5.74) is 1.03. The van der Waals surface area contributed by atoms with Crippen molar-refractivity contribution < 1.29 is 23.0 Å². The molecule has 1 N–H and O–H groups in total. The zero-order chi connectivity index (χ0) is 15.0. The number of fused-ring (bicyclic) bond motifs is 1. The van der Waals surface area contributed by atoms with Gasteiger partial charge in [-0.2, -0.15) is 13.2 Å². The van der Waals surface area contributed by atoms with Crippen LogP contribution >= 0.6 is 0 Å². The Morgan fingerprint density at radius 2 is 2.00 bits per heavy atom. The Morgan fingerprint density at radius 1 is 1.24 bits per heavy atom. The highest BCUT2D eigenvalue weighted by Gasteiger charge is 2.32. The third-order valence-corrected chi connectivity index (χ3v) is 3.47. The van der Waals surface area contributed by atoms with Gasteiger partial charge in [-0.3, -0.25) is 4.90 Å². The van der Waals surface area contributed by atoms with Crippen LogP contribution < -0.4 is 0 Å². The summed E-state index contributed by atoms with van der Waals surface area (Å²) in [5, 5.41) is 9.15. The minimum Gasteiger partial charge on any atom is -0.520 e. The summed E-state index contributed by atoms with van der Waals surface area (Å²) in [5.74, 6) is 2.30. The molecule has 2 aliphatic heterocycles. The number of hydrogen-bond acceptors (Lipinski definition) is 3. The quantitative estimate of drug-likeness (QED) is 0.851. The Kier molecular flexibility index (Phi) is 3.45. The molecule has 109 valence electrons. The van der Waals surface area contributed by atoms with E-state index in [1.165, 1.54) is 25.7 Å². The maximum absolute atomic E-state index is 12.7. The highest BCUT2D eigenvalue weighted by Crippen LogP contribution is 2.33. The zero-order valence-electron chi connectivity index (χ0n) is 11.0. The number of rotatable bonds is 2. The van der Waals surface area contributed by atoms with E-state index in [2.05, 4.69) is 0 Å². The maximum Gasteiger partial charge on any atom is 0.416 e. The van der Waals surface area contributed by atoms with Gasteiger partial charge in [0.2, 0.25) is 7.28 Å². The lowest BCUT2D eigenvalue weighted by Gasteiger charge is -2.18. The summed E-state index contributed by atoms with van der Waals surface area (Å²) >= 11 is 0. The van der Waals surface area contributed by atoms with Crippen LogP contribution in [0.1, 0.15) is 16.7 Å². The molecule has 1 radical (unpaired) electrons. The molecule has 3 nitrogen and oxygen atoms in total. The van der Waals surface area contributed by atoms with Crippen LogP contribution in [-0.2, 0) is 24.0 Å². The molecule has 0 saturated carbocycles. The van der Waals surface area contributed by atoms with Crippen molar-refractivity contribution in [3.8, 4) is 0 Å². The normalized spacial score (nSPS) is 18.4.